The second kappa shape index (κ2) is 7.20. The third-order valence-electron chi connectivity index (χ3n) is 5.58. The van der Waals surface area contributed by atoms with Crippen LogP contribution >= 0.6 is 0 Å². The first kappa shape index (κ1) is 18.9. The number of aromatic nitrogens is 3. The summed E-state index contributed by atoms with van der Waals surface area (Å²) in [6.45, 7) is 3.78. The fourth-order valence-electron chi connectivity index (χ4n) is 4.15. The Bertz CT molecular complexity index is 873. The highest BCUT2D eigenvalue weighted by Gasteiger charge is 2.32. The molecule has 2 fully saturated rings. The molecule has 1 aromatic heterocycles. The van der Waals surface area contributed by atoms with Crippen molar-refractivity contribution in [3.05, 3.63) is 29.5 Å². The number of nitrogens with zero attached hydrogens (tertiary/aromatic N) is 4. The van der Waals surface area contributed by atoms with Gasteiger partial charge in [-0.2, -0.15) is 13.2 Å². The number of alkyl halides is 3. The molecule has 2 aliphatic rings. The van der Waals surface area contributed by atoms with Gasteiger partial charge in [0, 0.05) is 24.2 Å². The lowest BCUT2D eigenvalue weighted by atomic mass is 9.99. The van der Waals surface area contributed by atoms with Crippen LogP contribution in [-0.4, -0.2) is 50.4 Å². The molecule has 2 aromatic rings. The van der Waals surface area contributed by atoms with Gasteiger partial charge in [0.05, 0.1) is 11.3 Å². The molecule has 1 aromatic carbocycles. The molecular weight excluding hydrogens is 371 g/mol. The van der Waals surface area contributed by atoms with Crippen LogP contribution in [-0.2, 0) is 6.18 Å². The molecule has 150 valence electrons. The zero-order valence-electron chi connectivity index (χ0n) is 15.5. The van der Waals surface area contributed by atoms with E-state index in [1.54, 1.807) is 6.92 Å². The zero-order valence-corrected chi connectivity index (χ0v) is 15.5. The molecule has 0 radical (unpaired) electrons. The van der Waals surface area contributed by atoms with Gasteiger partial charge in [0.2, 0.25) is 5.95 Å². The number of nitrogens with one attached hydrogen (secondary N) is 1. The van der Waals surface area contributed by atoms with Crippen LogP contribution in [0.2, 0.25) is 0 Å². The minimum atomic E-state index is -4.52. The summed E-state index contributed by atoms with van der Waals surface area (Å²) in [7, 11) is 0. The molecule has 0 amide bonds. The number of piperidine rings is 1. The van der Waals surface area contributed by atoms with Crippen LogP contribution in [0.5, 0.6) is 5.75 Å². The molecule has 0 spiro atoms. The number of phenols is 1. The number of hydrogen-bond acceptors (Lipinski definition) is 6. The van der Waals surface area contributed by atoms with Gasteiger partial charge in [-0.15, -0.1) is 10.2 Å². The van der Waals surface area contributed by atoms with Crippen molar-refractivity contribution in [2.75, 3.05) is 18.4 Å². The summed E-state index contributed by atoms with van der Waals surface area (Å²) < 4.78 is 38.3. The number of hydrogen-bond donors (Lipinski definition) is 2. The molecule has 6 nitrogen and oxygen atoms in total. The molecular formula is C19H22F3N5O. The summed E-state index contributed by atoms with van der Waals surface area (Å²) in [6, 6.07) is 3.75. The van der Waals surface area contributed by atoms with Crippen LogP contribution in [0, 0.1) is 6.92 Å². The van der Waals surface area contributed by atoms with Gasteiger partial charge in [-0.3, -0.25) is 4.90 Å². The van der Waals surface area contributed by atoms with E-state index in [2.05, 4.69) is 25.4 Å². The van der Waals surface area contributed by atoms with E-state index >= 15 is 0 Å². The van der Waals surface area contributed by atoms with Crippen LogP contribution in [0.1, 0.15) is 36.9 Å². The Morgan fingerprint density at radius 3 is 2.71 bits per heavy atom. The average Bonchev–Trinajstić information content (AvgIpc) is 3.09. The maximum Gasteiger partial charge on any atom is 0.416 e. The average molecular weight is 393 g/mol. The van der Waals surface area contributed by atoms with Crippen LogP contribution in [0.4, 0.5) is 19.1 Å². The van der Waals surface area contributed by atoms with E-state index in [0.29, 0.717) is 23.8 Å². The predicted molar refractivity (Wildman–Crippen MR) is 97.9 cm³/mol. The first-order chi connectivity index (χ1) is 13.3. The van der Waals surface area contributed by atoms with Gasteiger partial charge in [-0.25, -0.2) is 4.98 Å². The second-order valence-electron chi connectivity index (χ2n) is 7.51. The maximum atomic E-state index is 12.8. The Kier molecular flexibility index (Phi) is 4.86. The van der Waals surface area contributed by atoms with E-state index in [4.69, 9.17) is 0 Å². The Labute approximate surface area is 160 Å². The van der Waals surface area contributed by atoms with Crippen LogP contribution in [0.3, 0.4) is 0 Å². The molecule has 0 bridgehead atoms. The molecule has 4 rings (SSSR count). The number of aromatic hydroxyl groups is 1. The zero-order chi connectivity index (χ0) is 19.9. The SMILES string of the molecule is Cc1nc(NC2CCC3CCCN3C2)nnc1-c1ccc(C(F)(F)F)cc1O. The van der Waals surface area contributed by atoms with E-state index in [1.165, 1.54) is 18.9 Å². The minimum Gasteiger partial charge on any atom is -0.507 e. The number of rotatable bonds is 3. The Morgan fingerprint density at radius 1 is 1.18 bits per heavy atom. The predicted octanol–water partition coefficient (Wildman–Crippen LogP) is 3.61. The van der Waals surface area contributed by atoms with E-state index < -0.39 is 17.5 Å². The van der Waals surface area contributed by atoms with E-state index in [1.807, 2.05) is 0 Å². The first-order valence-electron chi connectivity index (χ1n) is 9.44. The van der Waals surface area contributed by atoms with Crippen molar-refractivity contribution in [2.45, 2.75) is 50.9 Å². The molecule has 0 aliphatic carbocycles. The van der Waals surface area contributed by atoms with E-state index in [9.17, 15) is 18.3 Å². The van der Waals surface area contributed by atoms with Crippen LogP contribution < -0.4 is 5.32 Å². The van der Waals surface area contributed by atoms with Gasteiger partial charge in [0.15, 0.2) is 0 Å². The van der Waals surface area contributed by atoms with Crippen molar-refractivity contribution in [3.63, 3.8) is 0 Å². The second-order valence-corrected chi connectivity index (χ2v) is 7.51. The molecule has 0 saturated carbocycles. The van der Waals surface area contributed by atoms with Crippen molar-refractivity contribution < 1.29 is 18.3 Å². The van der Waals surface area contributed by atoms with Crippen molar-refractivity contribution in [1.29, 1.82) is 0 Å². The van der Waals surface area contributed by atoms with Gasteiger partial charge < -0.3 is 10.4 Å². The lowest BCUT2D eigenvalue weighted by molar-refractivity contribution is -0.137. The highest BCUT2D eigenvalue weighted by molar-refractivity contribution is 5.69. The summed E-state index contributed by atoms with van der Waals surface area (Å²) in [5.41, 5.74) is 0.0141. The fourth-order valence-corrected chi connectivity index (χ4v) is 4.15. The summed E-state index contributed by atoms with van der Waals surface area (Å²) >= 11 is 0. The van der Waals surface area contributed by atoms with Crippen molar-refractivity contribution in [3.8, 4) is 17.0 Å². The molecule has 2 saturated heterocycles. The lowest BCUT2D eigenvalue weighted by Crippen LogP contribution is -2.45. The number of anilines is 1. The minimum absolute atomic E-state index is 0.176. The standard InChI is InChI=1S/C19H22F3N5O/c1-11-17(15-7-4-12(9-16(15)28)19(20,21)22)25-26-18(23-11)24-13-5-6-14-3-2-8-27(14)10-13/h4,7,9,13-14,28H,2-3,5-6,8,10H2,1H3,(H,23,24,26). The lowest BCUT2D eigenvalue weighted by Gasteiger charge is -2.35. The summed E-state index contributed by atoms with van der Waals surface area (Å²) in [4.78, 5) is 6.90. The number of fused-ring (bicyclic) bond motifs is 1. The largest absolute Gasteiger partial charge is 0.507 e. The fraction of sp³-hybridized carbons (Fsp3) is 0.526. The topological polar surface area (TPSA) is 74.2 Å². The molecule has 2 atom stereocenters. The van der Waals surface area contributed by atoms with Crippen molar-refractivity contribution in [2.24, 2.45) is 0 Å². The van der Waals surface area contributed by atoms with Gasteiger partial charge in [-0.05, 0) is 57.4 Å². The number of aryl methyl sites for hydroxylation is 1. The summed E-state index contributed by atoms with van der Waals surface area (Å²) in [6.07, 6.45) is 0.207. The Hall–Kier alpha value is -2.42. The number of halogens is 3. The molecule has 2 N–H and O–H groups in total. The van der Waals surface area contributed by atoms with Gasteiger partial charge in [0.1, 0.15) is 11.4 Å². The smallest absolute Gasteiger partial charge is 0.416 e. The third kappa shape index (κ3) is 3.76. The monoisotopic (exact) mass is 393 g/mol. The highest BCUT2D eigenvalue weighted by Crippen LogP contribution is 2.36. The van der Waals surface area contributed by atoms with Crippen LogP contribution in [0.25, 0.3) is 11.3 Å². The molecule has 9 heteroatoms. The quantitative estimate of drug-likeness (QED) is 0.830. The Balaban J connectivity index is 1.50. The summed E-state index contributed by atoms with van der Waals surface area (Å²) in [5.74, 6) is -0.0996. The Morgan fingerprint density at radius 2 is 2.00 bits per heavy atom. The van der Waals surface area contributed by atoms with Gasteiger partial charge in [0.25, 0.3) is 0 Å². The molecule has 2 aliphatic heterocycles. The highest BCUT2D eigenvalue weighted by atomic mass is 19.4. The third-order valence-corrected chi connectivity index (χ3v) is 5.58. The molecule has 3 heterocycles. The van der Waals surface area contributed by atoms with Crippen molar-refractivity contribution in [1.82, 2.24) is 20.1 Å². The number of benzene rings is 1. The number of phenolic OH excluding ortho intramolecular Hbond substituents is 1. The van der Waals surface area contributed by atoms with Crippen molar-refractivity contribution >= 4 is 5.95 Å². The normalized spacial score (nSPS) is 22.9. The molecule has 28 heavy (non-hydrogen) atoms. The summed E-state index contributed by atoms with van der Waals surface area (Å²) in [5, 5.41) is 21.5. The van der Waals surface area contributed by atoms with Gasteiger partial charge in [-0.1, -0.05) is 0 Å². The maximum absolute atomic E-state index is 12.8. The van der Waals surface area contributed by atoms with Crippen LogP contribution in [0.15, 0.2) is 18.2 Å². The molecule has 2 unspecified atom stereocenters. The van der Waals surface area contributed by atoms with E-state index in [0.717, 1.165) is 32.0 Å². The van der Waals surface area contributed by atoms with E-state index in [-0.39, 0.29) is 17.3 Å². The van der Waals surface area contributed by atoms with Gasteiger partial charge >= 0.3 is 6.18 Å². The first-order valence-corrected chi connectivity index (χ1v) is 9.44.